The van der Waals surface area contributed by atoms with Crippen LogP contribution in [0.5, 0.6) is 0 Å². The van der Waals surface area contributed by atoms with E-state index in [1.165, 1.54) is 24.3 Å². The van der Waals surface area contributed by atoms with Crippen molar-refractivity contribution in [3.63, 3.8) is 0 Å². The topological polar surface area (TPSA) is 43.1 Å². The summed E-state index contributed by atoms with van der Waals surface area (Å²) in [6.45, 7) is 1.81. The number of halogens is 1. The number of carbonyl (C=O) groups is 1. The zero-order chi connectivity index (χ0) is 9.40. The normalized spacial score (nSPS) is 8.17. The highest BCUT2D eigenvalue weighted by molar-refractivity contribution is 5.48. The molecule has 2 N–H and O–H groups in total. The average molecular weight is 169 g/mol. The first kappa shape index (κ1) is 10.6. The highest BCUT2D eigenvalue weighted by Gasteiger charge is 1.83. The first-order valence-electron chi connectivity index (χ1n) is 3.65. The van der Waals surface area contributed by atoms with Crippen LogP contribution in [0.15, 0.2) is 24.3 Å². The fourth-order valence-electron chi connectivity index (χ4n) is 0.463. The van der Waals surface area contributed by atoms with Crippen molar-refractivity contribution in [2.75, 3.05) is 5.73 Å². The Labute approximate surface area is 71.2 Å². The van der Waals surface area contributed by atoms with Gasteiger partial charge in [-0.1, -0.05) is 6.92 Å². The van der Waals surface area contributed by atoms with Crippen molar-refractivity contribution in [3.8, 4) is 0 Å². The molecule has 0 atom stereocenters. The maximum atomic E-state index is 12.0. The first-order chi connectivity index (χ1) is 5.70. The Morgan fingerprint density at radius 2 is 1.83 bits per heavy atom. The lowest BCUT2D eigenvalue weighted by atomic mass is 10.3. The Hall–Kier alpha value is -1.38. The van der Waals surface area contributed by atoms with E-state index in [4.69, 9.17) is 5.73 Å². The minimum atomic E-state index is -0.251. The van der Waals surface area contributed by atoms with Crippen molar-refractivity contribution < 1.29 is 9.18 Å². The fourth-order valence-corrected chi connectivity index (χ4v) is 0.463. The number of anilines is 1. The van der Waals surface area contributed by atoms with Gasteiger partial charge in [0, 0.05) is 12.1 Å². The Morgan fingerprint density at radius 3 is 2.08 bits per heavy atom. The SMILES string of the molecule is CCC=O.Nc1ccc(F)cc1. The van der Waals surface area contributed by atoms with Crippen molar-refractivity contribution in [1.82, 2.24) is 0 Å². The molecule has 1 rings (SSSR count). The molecule has 3 heteroatoms. The number of aldehydes is 1. The minimum absolute atomic E-state index is 0.251. The van der Waals surface area contributed by atoms with E-state index in [0.717, 1.165) is 6.29 Å². The van der Waals surface area contributed by atoms with Crippen molar-refractivity contribution in [2.24, 2.45) is 0 Å². The summed E-state index contributed by atoms with van der Waals surface area (Å²) in [4.78, 5) is 9.17. The molecule has 0 spiro atoms. The Kier molecular flexibility index (Phi) is 5.61. The molecule has 0 bridgehead atoms. The maximum Gasteiger partial charge on any atom is 0.123 e. The standard InChI is InChI=1S/C6H6FN.C3H6O/c7-5-1-3-6(8)4-2-5;1-2-3-4/h1-4H,8H2;3H,2H2,1H3. The molecule has 0 amide bonds. The van der Waals surface area contributed by atoms with Crippen LogP contribution in [0.25, 0.3) is 0 Å². The summed E-state index contributed by atoms with van der Waals surface area (Å²) < 4.78 is 12.0. The molecule has 0 saturated heterocycles. The molecule has 0 unspecified atom stereocenters. The van der Waals surface area contributed by atoms with Crippen molar-refractivity contribution in [3.05, 3.63) is 30.1 Å². The van der Waals surface area contributed by atoms with Gasteiger partial charge < -0.3 is 10.5 Å². The molecule has 0 aliphatic rings. The molecular formula is C9H12FNO. The second kappa shape index (κ2) is 6.34. The molecule has 0 heterocycles. The lowest BCUT2D eigenvalue weighted by Gasteiger charge is -1.87. The summed E-state index contributed by atoms with van der Waals surface area (Å²) in [5.74, 6) is -0.251. The number of hydrogen-bond acceptors (Lipinski definition) is 2. The predicted molar refractivity (Wildman–Crippen MR) is 47.2 cm³/mol. The van der Waals surface area contributed by atoms with Gasteiger partial charge in [-0.25, -0.2) is 4.39 Å². The van der Waals surface area contributed by atoms with E-state index in [9.17, 15) is 9.18 Å². The second-order valence-electron chi connectivity index (χ2n) is 2.13. The van der Waals surface area contributed by atoms with Crippen LogP contribution in [0.3, 0.4) is 0 Å². The Bertz CT molecular complexity index is 199. The van der Waals surface area contributed by atoms with Gasteiger partial charge in [0.1, 0.15) is 12.1 Å². The van der Waals surface area contributed by atoms with Gasteiger partial charge >= 0.3 is 0 Å². The molecule has 12 heavy (non-hydrogen) atoms. The van der Waals surface area contributed by atoms with Crippen LogP contribution in [-0.2, 0) is 4.79 Å². The van der Waals surface area contributed by atoms with E-state index in [-0.39, 0.29) is 5.82 Å². The van der Waals surface area contributed by atoms with Gasteiger partial charge in [-0.05, 0) is 24.3 Å². The Morgan fingerprint density at radius 1 is 1.42 bits per heavy atom. The van der Waals surface area contributed by atoms with Crippen molar-refractivity contribution in [2.45, 2.75) is 13.3 Å². The van der Waals surface area contributed by atoms with Crippen molar-refractivity contribution in [1.29, 1.82) is 0 Å². The van der Waals surface area contributed by atoms with Gasteiger partial charge in [0.2, 0.25) is 0 Å². The largest absolute Gasteiger partial charge is 0.399 e. The van der Waals surface area contributed by atoms with Gasteiger partial charge in [0.25, 0.3) is 0 Å². The third kappa shape index (κ3) is 5.41. The van der Waals surface area contributed by atoms with E-state index in [0.29, 0.717) is 12.1 Å². The van der Waals surface area contributed by atoms with Crippen LogP contribution < -0.4 is 5.73 Å². The van der Waals surface area contributed by atoms with Crippen LogP contribution in [0.1, 0.15) is 13.3 Å². The van der Waals surface area contributed by atoms with E-state index < -0.39 is 0 Å². The summed E-state index contributed by atoms with van der Waals surface area (Å²) in [6, 6.07) is 5.70. The summed E-state index contributed by atoms with van der Waals surface area (Å²) in [5.41, 5.74) is 5.85. The number of benzene rings is 1. The van der Waals surface area contributed by atoms with E-state index >= 15 is 0 Å². The molecule has 0 aliphatic heterocycles. The van der Waals surface area contributed by atoms with Gasteiger partial charge in [-0.3, -0.25) is 0 Å². The number of hydrogen-bond donors (Lipinski definition) is 1. The quantitative estimate of drug-likeness (QED) is 0.516. The summed E-state index contributed by atoms with van der Waals surface area (Å²) in [6.07, 6.45) is 1.51. The number of carbonyl (C=O) groups excluding carboxylic acids is 1. The highest BCUT2D eigenvalue weighted by Crippen LogP contribution is 2.01. The molecule has 0 saturated carbocycles. The molecular weight excluding hydrogens is 157 g/mol. The average Bonchev–Trinajstić information content (AvgIpc) is 2.11. The third-order valence-electron chi connectivity index (χ3n) is 1.04. The van der Waals surface area contributed by atoms with Crippen LogP contribution in [0.2, 0.25) is 0 Å². The summed E-state index contributed by atoms with van der Waals surface area (Å²) in [7, 11) is 0. The van der Waals surface area contributed by atoms with Gasteiger partial charge in [-0.2, -0.15) is 0 Å². The van der Waals surface area contributed by atoms with Crippen LogP contribution in [-0.4, -0.2) is 6.29 Å². The molecule has 0 aliphatic carbocycles. The van der Waals surface area contributed by atoms with Gasteiger partial charge in [0.15, 0.2) is 0 Å². The summed E-state index contributed by atoms with van der Waals surface area (Å²) >= 11 is 0. The molecule has 1 aromatic rings. The molecule has 66 valence electrons. The van der Waals surface area contributed by atoms with Crippen LogP contribution in [0, 0.1) is 5.82 Å². The van der Waals surface area contributed by atoms with Gasteiger partial charge in [0.05, 0.1) is 0 Å². The molecule has 0 radical (unpaired) electrons. The van der Waals surface area contributed by atoms with Crippen LogP contribution >= 0.6 is 0 Å². The summed E-state index contributed by atoms with van der Waals surface area (Å²) in [5, 5.41) is 0. The number of rotatable bonds is 1. The number of nitrogen functional groups attached to an aromatic ring is 1. The molecule has 0 fully saturated rings. The molecule has 1 aromatic carbocycles. The molecule has 2 nitrogen and oxygen atoms in total. The smallest absolute Gasteiger partial charge is 0.123 e. The van der Waals surface area contributed by atoms with E-state index in [2.05, 4.69) is 0 Å². The van der Waals surface area contributed by atoms with Crippen LogP contribution in [0.4, 0.5) is 10.1 Å². The first-order valence-corrected chi connectivity index (χ1v) is 3.65. The number of nitrogens with two attached hydrogens (primary N) is 1. The predicted octanol–water partition coefficient (Wildman–Crippen LogP) is 2.00. The lowest BCUT2D eigenvalue weighted by Crippen LogP contribution is -1.82. The maximum absolute atomic E-state index is 12.0. The zero-order valence-corrected chi connectivity index (χ0v) is 6.96. The Balaban J connectivity index is 0.000000261. The van der Waals surface area contributed by atoms with E-state index in [1.54, 1.807) is 0 Å². The third-order valence-corrected chi connectivity index (χ3v) is 1.04. The lowest BCUT2D eigenvalue weighted by molar-refractivity contribution is -0.107. The molecule has 0 aromatic heterocycles. The monoisotopic (exact) mass is 169 g/mol. The van der Waals surface area contributed by atoms with Crippen molar-refractivity contribution >= 4 is 12.0 Å². The highest BCUT2D eigenvalue weighted by atomic mass is 19.1. The van der Waals surface area contributed by atoms with E-state index in [1.807, 2.05) is 6.92 Å². The second-order valence-corrected chi connectivity index (χ2v) is 2.13. The van der Waals surface area contributed by atoms with Gasteiger partial charge in [-0.15, -0.1) is 0 Å². The fraction of sp³-hybridized carbons (Fsp3) is 0.222. The minimum Gasteiger partial charge on any atom is -0.399 e. The zero-order valence-electron chi connectivity index (χ0n) is 6.96.